The Bertz CT molecular complexity index is 1050. The van der Waals surface area contributed by atoms with Gasteiger partial charge >= 0.3 is 12.1 Å². The number of amides is 2. The Morgan fingerprint density at radius 3 is 2.00 bits per heavy atom. The van der Waals surface area contributed by atoms with Crippen LogP contribution in [0.3, 0.4) is 0 Å². The van der Waals surface area contributed by atoms with Gasteiger partial charge in [-0.1, -0.05) is 76.2 Å². The maximum atomic E-state index is 13.0. The van der Waals surface area contributed by atoms with Crippen molar-refractivity contribution >= 4 is 18.0 Å². The van der Waals surface area contributed by atoms with Crippen molar-refractivity contribution in [3.63, 3.8) is 0 Å². The fourth-order valence-corrected chi connectivity index (χ4v) is 4.28. The van der Waals surface area contributed by atoms with Crippen molar-refractivity contribution in [1.29, 1.82) is 0 Å². The van der Waals surface area contributed by atoms with E-state index in [1.54, 1.807) is 6.92 Å². The summed E-state index contributed by atoms with van der Waals surface area (Å²) in [4.78, 5) is 37.5. The number of alkyl carbamates (subject to hydrolysis) is 1. The first-order valence-electron chi connectivity index (χ1n) is 12.1. The van der Waals surface area contributed by atoms with Crippen molar-refractivity contribution in [2.45, 2.75) is 71.4 Å². The van der Waals surface area contributed by atoms with Crippen LogP contribution in [0.25, 0.3) is 11.1 Å². The molecule has 1 aliphatic carbocycles. The summed E-state index contributed by atoms with van der Waals surface area (Å²) in [7, 11) is 0. The second-order valence-corrected chi connectivity index (χ2v) is 10.6. The van der Waals surface area contributed by atoms with Gasteiger partial charge in [-0.05, 0) is 53.9 Å². The second kappa shape index (κ2) is 10.5. The molecule has 0 saturated heterocycles. The zero-order chi connectivity index (χ0) is 25.8. The van der Waals surface area contributed by atoms with Crippen LogP contribution in [-0.2, 0) is 14.3 Å². The Labute approximate surface area is 207 Å². The minimum absolute atomic E-state index is 0.0672. The molecule has 1 aliphatic rings. The van der Waals surface area contributed by atoms with Gasteiger partial charge < -0.3 is 20.5 Å². The highest BCUT2D eigenvalue weighted by molar-refractivity contribution is 5.91. The van der Waals surface area contributed by atoms with Gasteiger partial charge in [-0.15, -0.1) is 0 Å². The highest BCUT2D eigenvalue weighted by Gasteiger charge is 2.36. The minimum atomic E-state index is -1.42. The van der Waals surface area contributed by atoms with Crippen molar-refractivity contribution in [3.05, 3.63) is 59.7 Å². The first-order chi connectivity index (χ1) is 16.4. The maximum absolute atomic E-state index is 13.0. The molecule has 0 aliphatic heterocycles. The third-order valence-corrected chi connectivity index (χ3v) is 6.71. The highest BCUT2D eigenvalue weighted by Crippen LogP contribution is 2.44. The summed E-state index contributed by atoms with van der Waals surface area (Å²) in [5.41, 5.74) is 2.98. The van der Waals surface area contributed by atoms with E-state index in [0.717, 1.165) is 22.3 Å². The van der Waals surface area contributed by atoms with Crippen LogP contribution in [0.5, 0.6) is 0 Å². The fraction of sp³-hybridized carbons (Fsp3) is 0.464. The SMILES string of the molecule is CCC(C)(NC(=O)C(CCC(C)(C)C)NC(=O)OCC1c2ccccc2-c2ccccc21)C(=O)O. The van der Waals surface area contributed by atoms with Crippen molar-refractivity contribution in [1.82, 2.24) is 10.6 Å². The van der Waals surface area contributed by atoms with E-state index in [1.807, 2.05) is 57.2 Å². The predicted octanol–water partition coefficient (Wildman–Crippen LogP) is 5.09. The number of carboxylic acid groups (broad SMARTS) is 1. The molecule has 0 fully saturated rings. The molecule has 0 saturated carbocycles. The molecule has 7 nitrogen and oxygen atoms in total. The number of hydrogen-bond acceptors (Lipinski definition) is 4. The average Bonchev–Trinajstić information content (AvgIpc) is 3.13. The molecule has 2 aromatic carbocycles. The number of nitrogens with one attached hydrogen (secondary N) is 2. The molecular weight excluding hydrogens is 444 g/mol. The molecule has 188 valence electrons. The number of rotatable bonds is 9. The Morgan fingerprint density at radius 2 is 1.51 bits per heavy atom. The average molecular weight is 481 g/mol. The van der Waals surface area contributed by atoms with Gasteiger partial charge in [0.15, 0.2) is 0 Å². The van der Waals surface area contributed by atoms with Crippen LogP contribution in [0.1, 0.15) is 70.9 Å². The topological polar surface area (TPSA) is 105 Å². The van der Waals surface area contributed by atoms with Crippen molar-refractivity contribution in [3.8, 4) is 11.1 Å². The van der Waals surface area contributed by atoms with Gasteiger partial charge in [0, 0.05) is 5.92 Å². The molecule has 2 unspecified atom stereocenters. The summed E-state index contributed by atoms with van der Waals surface area (Å²) in [5, 5.41) is 14.8. The number of carbonyl (C=O) groups excluding carboxylic acids is 2. The lowest BCUT2D eigenvalue weighted by Crippen LogP contribution is -2.57. The zero-order valence-electron chi connectivity index (χ0n) is 21.2. The molecular formula is C28H36N2O5. The van der Waals surface area contributed by atoms with E-state index in [0.29, 0.717) is 12.8 Å². The molecule has 0 spiro atoms. The molecule has 0 aromatic heterocycles. The van der Waals surface area contributed by atoms with E-state index in [-0.39, 0.29) is 24.4 Å². The zero-order valence-corrected chi connectivity index (χ0v) is 21.2. The third-order valence-electron chi connectivity index (χ3n) is 6.71. The van der Waals surface area contributed by atoms with Gasteiger partial charge in [-0.3, -0.25) is 4.79 Å². The first-order valence-corrected chi connectivity index (χ1v) is 12.1. The molecule has 2 amide bonds. The molecule has 3 rings (SSSR count). The van der Waals surface area contributed by atoms with Gasteiger partial charge in [-0.2, -0.15) is 0 Å². The van der Waals surface area contributed by atoms with Crippen LogP contribution in [-0.4, -0.2) is 41.3 Å². The Kier molecular flexibility index (Phi) is 7.88. The fourth-order valence-electron chi connectivity index (χ4n) is 4.28. The molecule has 35 heavy (non-hydrogen) atoms. The number of benzene rings is 2. The largest absolute Gasteiger partial charge is 0.480 e. The van der Waals surface area contributed by atoms with E-state index in [1.165, 1.54) is 6.92 Å². The molecule has 7 heteroatoms. The van der Waals surface area contributed by atoms with Crippen LogP contribution < -0.4 is 10.6 Å². The standard InChI is InChI=1S/C28H36N2O5/c1-6-28(5,25(32)33)30-24(31)23(15-16-27(2,3)4)29-26(34)35-17-22-20-13-9-7-11-18(20)19-12-8-10-14-21(19)22/h7-14,22-23H,6,15-17H2,1-5H3,(H,29,34)(H,30,31)(H,32,33). The van der Waals surface area contributed by atoms with Gasteiger partial charge in [0.2, 0.25) is 5.91 Å². The predicted molar refractivity (Wildman–Crippen MR) is 135 cm³/mol. The molecule has 0 heterocycles. The summed E-state index contributed by atoms with van der Waals surface area (Å²) in [5.74, 6) is -1.75. The number of ether oxygens (including phenoxy) is 1. The van der Waals surface area contributed by atoms with Crippen molar-refractivity contribution < 1.29 is 24.2 Å². The van der Waals surface area contributed by atoms with Crippen molar-refractivity contribution in [2.75, 3.05) is 6.61 Å². The lowest BCUT2D eigenvalue weighted by molar-refractivity contribution is -0.147. The van der Waals surface area contributed by atoms with Crippen LogP contribution in [0.2, 0.25) is 0 Å². The monoisotopic (exact) mass is 480 g/mol. The van der Waals surface area contributed by atoms with Gasteiger partial charge in [0.25, 0.3) is 0 Å². The number of hydrogen-bond donors (Lipinski definition) is 3. The Morgan fingerprint density at radius 1 is 0.971 bits per heavy atom. The second-order valence-electron chi connectivity index (χ2n) is 10.6. The Hall–Kier alpha value is -3.35. The van der Waals surface area contributed by atoms with Crippen LogP contribution >= 0.6 is 0 Å². The molecule has 2 atom stereocenters. The molecule has 0 radical (unpaired) electrons. The smallest absolute Gasteiger partial charge is 0.407 e. The summed E-state index contributed by atoms with van der Waals surface area (Å²) >= 11 is 0. The Balaban J connectivity index is 1.71. The quantitative estimate of drug-likeness (QED) is 0.464. The lowest BCUT2D eigenvalue weighted by atomic mass is 9.88. The van der Waals surface area contributed by atoms with Gasteiger partial charge in [0.1, 0.15) is 18.2 Å². The molecule has 2 aromatic rings. The summed E-state index contributed by atoms with van der Waals surface area (Å²) < 4.78 is 5.61. The van der Waals surface area contributed by atoms with E-state index < -0.39 is 29.6 Å². The van der Waals surface area contributed by atoms with Crippen molar-refractivity contribution in [2.24, 2.45) is 5.41 Å². The van der Waals surface area contributed by atoms with E-state index in [2.05, 4.69) is 22.8 Å². The highest BCUT2D eigenvalue weighted by atomic mass is 16.5. The van der Waals surface area contributed by atoms with Crippen LogP contribution in [0.15, 0.2) is 48.5 Å². The number of carbonyl (C=O) groups is 3. The first kappa shape index (κ1) is 26.3. The van der Waals surface area contributed by atoms with Crippen LogP contribution in [0, 0.1) is 5.41 Å². The third kappa shape index (κ3) is 6.21. The molecule has 3 N–H and O–H groups in total. The number of carboxylic acids is 1. The van der Waals surface area contributed by atoms with Crippen LogP contribution in [0.4, 0.5) is 4.79 Å². The van der Waals surface area contributed by atoms with E-state index in [9.17, 15) is 19.5 Å². The number of fused-ring (bicyclic) bond motifs is 3. The van der Waals surface area contributed by atoms with E-state index >= 15 is 0 Å². The number of aliphatic carboxylic acids is 1. The lowest BCUT2D eigenvalue weighted by Gasteiger charge is -2.29. The normalized spacial score (nSPS) is 15.3. The molecule has 0 bridgehead atoms. The van der Waals surface area contributed by atoms with Gasteiger partial charge in [0.05, 0.1) is 0 Å². The summed E-state index contributed by atoms with van der Waals surface area (Å²) in [6, 6.07) is 15.2. The maximum Gasteiger partial charge on any atom is 0.407 e. The van der Waals surface area contributed by atoms with E-state index in [4.69, 9.17) is 4.74 Å². The van der Waals surface area contributed by atoms with Gasteiger partial charge in [-0.25, -0.2) is 9.59 Å². The summed E-state index contributed by atoms with van der Waals surface area (Å²) in [6.07, 6.45) is 0.531. The minimum Gasteiger partial charge on any atom is -0.480 e. The summed E-state index contributed by atoms with van der Waals surface area (Å²) in [6.45, 7) is 9.42.